The Labute approximate surface area is 87.3 Å². The third-order valence-corrected chi connectivity index (χ3v) is 2.23. The van der Waals surface area contributed by atoms with E-state index in [1.54, 1.807) is 4.57 Å². The Morgan fingerprint density at radius 3 is 2.79 bits per heavy atom. The average Bonchev–Trinajstić information content (AvgIpc) is 2.51. The quantitative estimate of drug-likeness (QED) is 0.753. The first-order valence-corrected chi connectivity index (χ1v) is 4.85. The maximum absolute atomic E-state index is 11.2. The average molecular weight is 217 g/mol. The largest absolute Gasteiger partial charge is 0.368 e. The molecular weight excluding hydrogens is 204 g/mol. The van der Waals surface area contributed by atoms with Crippen LogP contribution in [0.2, 0.25) is 0 Å². The fraction of sp³-hybridized carbons (Fsp3) is 0.625. The van der Waals surface area contributed by atoms with Gasteiger partial charge in [0, 0.05) is 0 Å². The van der Waals surface area contributed by atoms with Crippen molar-refractivity contribution >= 4 is 17.5 Å². The number of hydrogen-bond donors (Lipinski definition) is 1. The van der Waals surface area contributed by atoms with Crippen LogP contribution < -0.4 is 5.73 Å². The van der Waals surface area contributed by atoms with Gasteiger partial charge in [-0.15, -0.1) is 21.8 Å². The van der Waals surface area contributed by atoms with E-state index in [2.05, 4.69) is 10.2 Å². The molecule has 0 spiro atoms. The molecule has 0 aliphatic carbocycles. The zero-order valence-electron chi connectivity index (χ0n) is 8.14. The Morgan fingerprint density at radius 1 is 1.71 bits per heavy atom. The molecule has 1 rings (SSSR count). The molecule has 1 unspecified atom stereocenters. The molecule has 1 atom stereocenters. The Bertz CT molecular complexity index is 323. The molecule has 5 nitrogen and oxygen atoms in total. The molecule has 1 amide bonds. The SMILES string of the molecule is CC(C)C(C(N)=O)n1cnnc1CCl. The summed E-state index contributed by atoms with van der Waals surface area (Å²) in [6.45, 7) is 3.82. The molecule has 0 bridgehead atoms. The van der Waals surface area contributed by atoms with E-state index in [4.69, 9.17) is 17.3 Å². The fourth-order valence-corrected chi connectivity index (χ4v) is 1.57. The van der Waals surface area contributed by atoms with Crippen LogP contribution in [0.1, 0.15) is 25.7 Å². The van der Waals surface area contributed by atoms with Crippen molar-refractivity contribution in [2.45, 2.75) is 25.8 Å². The second kappa shape index (κ2) is 4.41. The third-order valence-electron chi connectivity index (χ3n) is 1.99. The van der Waals surface area contributed by atoms with Gasteiger partial charge in [0.15, 0.2) is 0 Å². The summed E-state index contributed by atoms with van der Waals surface area (Å²) in [5, 5.41) is 7.49. The molecule has 0 saturated heterocycles. The van der Waals surface area contributed by atoms with Crippen LogP contribution in [0.25, 0.3) is 0 Å². The summed E-state index contributed by atoms with van der Waals surface area (Å²) in [6.07, 6.45) is 1.48. The van der Waals surface area contributed by atoms with E-state index in [-0.39, 0.29) is 11.8 Å². The van der Waals surface area contributed by atoms with Crippen LogP contribution in [-0.4, -0.2) is 20.7 Å². The zero-order chi connectivity index (χ0) is 10.7. The molecule has 78 valence electrons. The number of nitrogens with zero attached hydrogens (tertiary/aromatic N) is 3. The summed E-state index contributed by atoms with van der Waals surface area (Å²) < 4.78 is 1.62. The van der Waals surface area contributed by atoms with Crippen molar-refractivity contribution in [3.8, 4) is 0 Å². The minimum absolute atomic E-state index is 0.0884. The zero-order valence-corrected chi connectivity index (χ0v) is 8.90. The van der Waals surface area contributed by atoms with Gasteiger partial charge in [-0.3, -0.25) is 4.79 Å². The summed E-state index contributed by atoms with van der Waals surface area (Å²) in [4.78, 5) is 11.2. The number of amides is 1. The van der Waals surface area contributed by atoms with E-state index in [9.17, 15) is 4.79 Å². The first-order chi connectivity index (χ1) is 6.57. The summed E-state index contributed by atoms with van der Waals surface area (Å²) >= 11 is 5.65. The number of hydrogen-bond acceptors (Lipinski definition) is 3. The second-order valence-electron chi connectivity index (χ2n) is 3.38. The number of nitrogens with two attached hydrogens (primary N) is 1. The van der Waals surface area contributed by atoms with Crippen molar-refractivity contribution in [2.24, 2.45) is 11.7 Å². The van der Waals surface area contributed by atoms with E-state index in [0.29, 0.717) is 5.82 Å². The number of halogens is 1. The minimum Gasteiger partial charge on any atom is -0.368 e. The Balaban J connectivity index is 3.04. The van der Waals surface area contributed by atoms with Crippen LogP contribution in [0, 0.1) is 5.92 Å². The Morgan fingerprint density at radius 2 is 2.36 bits per heavy atom. The highest BCUT2D eigenvalue weighted by Gasteiger charge is 2.23. The molecule has 0 aromatic carbocycles. The van der Waals surface area contributed by atoms with Crippen LogP contribution in [-0.2, 0) is 10.7 Å². The second-order valence-corrected chi connectivity index (χ2v) is 3.65. The van der Waals surface area contributed by atoms with E-state index >= 15 is 0 Å². The Kier molecular flexibility index (Phi) is 3.46. The predicted octanol–water partition coefficient (Wildman–Crippen LogP) is 0.699. The molecule has 0 fully saturated rings. The lowest BCUT2D eigenvalue weighted by atomic mass is 10.0. The van der Waals surface area contributed by atoms with Crippen molar-refractivity contribution in [3.05, 3.63) is 12.2 Å². The lowest BCUT2D eigenvalue weighted by Gasteiger charge is -2.19. The van der Waals surface area contributed by atoms with E-state index in [1.807, 2.05) is 13.8 Å². The fourth-order valence-electron chi connectivity index (χ4n) is 1.38. The molecule has 0 aliphatic heterocycles. The standard InChI is InChI=1S/C8H13ClN4O/c1-5(2)7(8(10)14)13-4-11-12-6(13)3-9/h4-5,7H,3H2,1-2H3,(H2,10,14). The van der Waals surface area contributed by atoms with Crippen molar-refractivity contribution in [2.75, 3.05) is 0 Å². The Hall–Kier alpha value is -1.10. The normalized spacial score (nSPS) is 13.1. The van der Waals surface area contributed by atoms with Gasteiger partial charge in [0.25, 0.3) is 0 Å². The highest BCUT2D eigenvalue weighted by atomic mass is 35.5. The number of primary amides is 1. The molecule has 0 radical (unpaired) electrons. The number of aromatic nitrogens is 3. The van der Waals surface area contributed by atoms with Gasteiger partial charge in [0.1, 0.15) is 18.2 Å². The minimum atomic E-state index is -0.432. The van der Waals surface area contributed by atoms with Gasteiger partial charge in [0.05, 0.1) is 5.88 Å². The summed E-state index contributed by atoms with van der Waals surface area (Å²) in [6, 6.07) is -0.432. The summed E-state index contributed by atoms with van der Waals surface area (Å²) in [7, 11) is 0. The summed E-state index contributed by atoms with van der Waals surface area (Å²) in [5.74, 6) is 0.469. The van der Waals surface area contributed by atoms with Crippen LogP contribution >= 0.6 is 11.6 Å². The topological polar surface area (TPSA) is 73.8 Å². The van der Waals surface area contributed by atoms with Crippen molar-refractivity contribution in [3.63, 3.8) is 0 Å². The van der Waals surface area contributed by atoms with Crippen molar-refractivity contribution in [1.82, 2.24) is 14.8 Å². The number of rotatable bonds is 4. The van der Waals surface area contributed by atoms with Crippen LogP contribution in [0.4, 0.5) is 0 Å². The lowest BCUT2D eigenvalue weighted by molar-refractivity contribution is -0.122. The monoisotopic (exact) mass is 216 g/mol. The van der Waals surface area contributed by atoms with E-state index in [1.165, 1.54) is 6.33 Å². The van der Waals surface area contributed by atoms with Gasteiger partial charge in [-0.05, 0) is 5.92 Å². The molecule has 14 heavy (non-hydrogen) atoms. The van der Waals surface area contributed by atoms with Crippen molar-refractivity contribution < 1.29 is 4.79 Å². The first-order valence-electron chi connectivity index (χ1n) is 4.31. The van der Waals surface area contributed by atoms with Gasteiger partial charge in [0.2, 0.25) is 5.91 Å². The first kappa shape index (κ1) is 11.0. The van der Waals surface area contributed by atoms with Gasteiger partial charge in [-0.2, -0.15) is 0 Å². The molecule has 0 aliphatic rings. The van der Waals surface area contributed by atoms with Gasteiger partial charge in [-0.1, -0.05) is 13.8 Å². The third kappa shape index (κ3) is 2.04. The number of carbonyl (C=O) groups excluding carboxylic acids is 1. The smallest absolute Gasteiger partial charge is 0.240 e. The van der Waals surface area contributed by atoms with Gasteiger partial charge >= 0.3 is 0 Å². The summed E-state index contributed by atoms with van der Waals surface area (Å²) in [5.41, 5.74) is 5.29. The molecular formula is C8H13ClN4O. The highest BCUT2D eigenvalue weighted by Crippen LogP contribution is 2.18. The molecule has 2 N–H and O–H groups in total. The molecule has 1 aromatic heterocycles. The molecule has 6 heteroatoms. The lowest BCUT2D eigenvalue weighted by Crippen LogP contribution is -2.31. The maximum atomic E-state index is 11.2. The van der Waals surface area contributed by atoms with Crippen LogP contribution in [0.5, 0.6) is 0 Å². The predicted molar refractivity (Wildman–Crippen MR) is 52.6 cm³/mol. The van der Waals surface area contributed by atoms with Crippen LogP contribution in [0.3, 0.4) is 0 Å². The molecule has 1 aromatic rings. The van der Waals surface area contributed by atoms with Crippen LogP contribution in [0.15, 0.2) is 6.33 Å². The number of carbonyl (C=O) groups is 1. The molecule has 1 heterocycles. The maximum Gasteiger partial charge on any atom is 0.240 e. The van der Waals surface area contributed by atoms with Gasteiger partial charge in [-0.25, -0.2) is 0 Å². The highest BCUT2D eigenvalue weighted by molar-refractivity contribution is 6.16. The van der Waals surface area contributed by atoms with E-state index in [0.717, 1.165) is 0 Å². The van der Waals surface area contributed by atoms with E-state index < -0.39 is 11.9 Å². The van der Waals surface area contributed by atoms with Crippen molar-refractivity contribution in [1.29, 1.82) is 0 Å². The van der Waals surface area contributed by atoms with Gasteiger partial charge < -0.3 is 10.3 Å². The molecule has 0 saturated carbocycles. The number of alkyl halides is 1.